The molecule has 104 valence electrons. The summed E-state index contributed by atoms with van der Waals surface area (Å²) >= 11 is 3.41. The second kappa shape index (κ2) is 5.58. The van der Waals surface area contributed by atoms with Crippen LogP contribution in [0.5, 0.6) is 0 Å². The van der Waals surface area contributed by atoms with Gasteiger partial charge in [-0.25, -0.2) is 13.9 Å². The van der Waals surface area contributed by atoms with Crippen molar-refractivity contribution in [3.8, 4) is 5.69 Å². The normalized spacial score (nSPS) is 11.2. The zero-order chi connectivity index (χ0) is 14.9. The number of aliphatic carboxylic acids is 1. The molecule has 1 aromatic heterocycles. The van der Waals surface area contributed by atoms with Crippen molar-refractivity contribution in [3.05, 3.63) is 51.5 Å². The van der Waals surface area contributed by atoms with E-state index in [-0.39, 0.29) is 5.56 Å². The molecule has 4 nitrogen and oxygen atoms in total. The molecule has 1 heterocycles. The Bertz CT molecular complexity index is 707. The number of aromatic nitrogens is 2. The molecule has 0 aliphatic heterocycles. The number of halogens is 2. The highest BCUT2D eigenvalue weighted by atomic mass is 79.9. The second-order valence-corrected chi connectivity index (χ2v) is 5.03. The third-order valence-corrected chi connectivity index (χ3v) is 4.00. The molecular weight excluding hydrogens is 327 g/mol. The summed E-state index contributed by atoms with van der Waals surface area (Å²) in [4.78, 5) is 10.6. The van der Waals surface area contributed by atoms with Gasteiger partial charge in [-0.2, -0.15) is 5.10 Å². The molecule has 0 fully saturated rings. The first-order valence-electron chi connectivity index (χ1n) is 5.83. The summed E-state index contributed by atoms with van der Waals surface area (Å²) in [6, 6.07) is 4.54. The smallest absolute Gasteiger partial charge is 0.328 e. The van der Waals surface area contributed by atoms with E-state index in [1.165, 1.54) is 12.1 Å². The van der Waals surface area contributed by atoms with Crippen LogP contribution in [0, 0.1) is 19.7 Å². The van der Waals surface area contributed by atoms with E-state index >= 15 is 0 Å². The Balaban J connectivity index is 2.65. The number of carboxylic acids is 1. The fourth-order valence-electron chi connectivity index (χ4n) is 1.89. The topological polar surface area (TPSA) is 55.1 Å². The molecule has 0 bridgehead atoms. The van der Waals surface area contributed by atoms with Gasteiger partial charge in [-0.15, -0.1) is 0 Å². The highest BCUT2D eigenvalue weighted by Gasteiger charge is 2.14. The Kier molecular flexibility index (Phi) is 4.04. The standard InChI is InChI=1S/C14H12BrFN2O2/c1-8-14(15)9(2)18(17-8)12-5-3-4-11(16)10(12)6-7-13(19)20/h3-7H,1-2H3,(H,19,20)/b7-6+. The van der Waals surface area contributed by atoms with Gasteiger partial charge in [0.05, 0.1) is 21.5 Å². The first-order valence-corrected chi connectivity index (χ1v) is 6.62. The Morgan fingerprint density at radius 3 is 2.70 bits per heavy atom. The van der Waals surface area contributed by atoms with Crippen LogP contribution in [-0.4, -0.2) is 20.9 Å². The number of hydrogen-bond acceptors (Lipinski definition) is 2. The number of hydrogen-bond donors (Lipinski definition) is 1. The molecule has 0 unspecified atom stereocenters. The molecule has 2 rings (SSSR count). The summed E-state index contributed by atoms with van der Waals surface area (Å²) in [6.07, 6.45) is 2.14. The summed E-state index contributed by atoms with van der Waals surface area (Å²) in [7, 11) is 0. The van der Waals surface area contributed by atoms with Crippen molar-refractivity contribution in [2.24, 2.45) is 0 Å². The molecule has 0 aliphatic rings. The lowest BCUT2D eigenvalue weighted by Gasteiger charge is -2.09. The Morgan fingerprint density at radius 1 is 1.45 bits per heavy atom. The lowest BCUT2D eigenvalue weighted by molar-refractivity contribution is -0.131. The third kappa shape index (κ3) is 2.65. The number of benzene rings is 1. The van der Waals surface area contributed by atoms with Crippen molar-refractivity contribution in [2.75, 3.05) is 0 Å². The van der Waals surface area contributed by atoms with Gasteiger partial charge in [0, 0.05) is 11.6 Å². The van der Waals surface area contributed by atoms with Crippen molar-refractivity contribution >= 4 is 28.0 Å². The number of aryl methyl sites for hydroxylation is 1. The molecular formula is C14H12BrFN2O2. The monoisotopic (exact) mass is 338 g/mol. The van der Waals surface area contributed by atoms with Crippen LogP contribution in [-0.2, 0) is 4.79 Å². The van der Waals surface area contributed by atoms with Gasteiger partial charge in [-0.05, 0) is 48.0 Å². The van der Waals surface area contributed by atoms with Gasteiger partial charge in [0.1, 0.15) is 5.82 Å². The van der Waals surface area contributed by atoms with E-state index in [1.807, 2.05) is 13.8 Å². The predicted octanol–water partition coefficient (Wildman–Crippen LogP) is 3.49. The summed E-state index contributed by atoms with van der Waals surface area (Å²) in [5.74, 6) is -1.63. The predicted molar refractivity (Wildman–Crippen MR) is 77.4 cm³/mol. The lowest BCUT2D eigenvalue weighted by Crippen LogP contribution is -2.03. The van der Waals surface area contributed by atoms with Gasteiger partial charge in [0.2, 0.25) is 0 Å². The quantitative estimate of drug-likeness (QED) is 0.871. The Morgan fingerprint density at radius 2 is 2.15 bits per heavy atom. The number of carboxylic acid groups (broad SMARTS) is 1. The highest BCUT2D eigenvalue weighted by molar-refractivity contribution is 9.10. The van der Waals surface area contributed by atoms with Crippen molar-refractivity contribution < 1.29 is 14.3 Å². The largest absolute Gasteiger partial charge is 0.478 e. The van der Waals surface area contributed by atoms with Crippen LogP contribution >= 0.6 is 15.9 Å². The molecule has 0 radical (unpaired) electrons. The van der Waals surface area contributed by atoms with Crippen molar-refractivity contribution in [1.82, 2.24) is 9.78 Å². The van der Waals surface area contributed by atoms with Crippen molar-refractivity contribution in [3.63, 3.8) is 0 Å². The SMILES string of the molecule is Cc1nn(-c2cccc(F)c2/C=C/C(=O)O)c(C)c1Br. The molecule has 0 saturated carbocycles. The van der Waals surface area contributed by atoms with Gasteiger partial charge in [-0.3, -0.25) is 0 Å². The summed E-state index contributed by atoms with van der Waals surface area (Å²) < 4.78 is 16.4. The van der Waals surface area contributed by atoms with Gasteiger partial charge < -0.3 is 5.11 Å². The van der Waals surface area contributed by atoms with Crippen LogP contribution in [0.2, 0.25) is 0 Å². The van der Waals surface area contributed by atoms with E-state index in [9.17, 15) is 9.18 Å². The molecule has 6 heteroatoms. The molecule has 1 N–H and O–H groups in total. The summed E-state index contributed by atoms with van der Waals surface area (Å²) in [6.45, 7) is 3.68. The van der Waals surface area contributed by atoms with Gasteiger partial charge >= 0.3 is 5.97 Å². The average Bonchev–Trinajstić information content (AvgIpc) is 2.64. The van der Waals surface area contributed by atoms with E-state index in [0.29, 0.717) is 5.69 Å². The fourth-order valence-corrected chi connectivity index (χ4v) is 2.14. The molecule has 20 heavy (non-hydrogen) atoms. The van der Waals surface area contributed by atoms with E-state index in [1.54, 1.807) is 16.8 Å². The maximum absolute atomic E-state index is 13.9. The Hall–Kier alpha value is -1.95. The van der Waals surface area contributed by atoms with Crippen molar-refractivity contribution in [1.29, 1.82) is 0 Å². The molecule has 2 aromatic rings. The minimum absolute atomic E-state index is 0.188. The van der Waals surface area contributed by atoms with E-state index in [2.05, 4.69) is 21.0 Å². The number of nitrogens with zero attached hydrogens (tertiary/aromatic N) is 2. The van der Waals surface area contributed by atoms with Crippen LogP contribution < -0.4 is 0 Å². The van der Waals surface area contributed by atoms with Gasteiger partial charge in [-0.1, -0.05) is 6.07 Å². The Labute approximate surface area is 123 Å². The molecule has 0 spiro atoms. The highest BCUT2D eigenvalue weighted by Crippen LogP contribution is 2.26. The number of carbonyl (C=O) groups is 1. The number of rotatable bonds is 3. The fraction of sp³-hybridized carbons (Fsp3) is 0.143. The van der Waals surface area contributed by atoms with Crippen LogP contribution in [0.15, 0.2) is 28.7 Å². The minimum Gasteiger partial charge on any atom is -0.478 e. The average molecular weight is 339 g/mol. The zero-order valence-corrected chi connectivity index (χ0v) is 12.5. The van der Waals surface area contributed by atoms with Gasteiger partial charge in [0.25, 0.3) is 0 Å². The molecule has 0 aliphatic carbocycles. The third-order valence-electron chi connectivity index (χ3n) is 2.85. The zero-order valence-electron chi connectivity index (χ0n) is 10.9. The van der Waals surface area contributed by atoms with E-state index < -0.39 is 11.8 Å². The van der Waals surface area contributed by atoms with Crippen LogP contribution in [0.3, 0.4) is 0 Å². The maximum atomic E-state index is 13.9. The molecule has 0 atom stereocenters. The molecule has 0 amide bonds. The molecule has 0 saturated heterocycles. The maximum Gasteiger partial charge on any atom is 0.328 e. The van der Waals surface area contributed by atoms with Crippen LogP contribution in [0.4, 0.5) is 4.39 Å². The van der Waals surface area contributed by atoms with Crippen molar-refractivity contribution in [2.45, 2.75) is 13.8 Å². The summed E-state index contributed by atoms with van der Waals surface area (Å²) in [5, 5.41) is 13.0. The summed E-state index contributed by atoms with van der Waals surface area (Å²) in [5.41, 5.74) is 2.28. The first kappa shape index (κ1) is 14.5. The van der Waals surface area contributed by atoms with Crippen LogP contribution in [0.1, 0.15) is 17.0 Å². The second-order valence-electron chi connectivity index (χ2n) is 4.24. The first-order chi connectivity index (χ1) is 9.41. The lowest BCUT2D eigenvalue weighted by atomic mass is 10.1. The van der Waals surface area contributed by atoms with E-state index in [0.717, 1.165) is 21.9 Å². The van der Waals surface area contributed by atoms with E-state index in [4.69, 9.17) is 5.11 Å². The van der Waals surface area contributed by atoms with Gasteiger partial charge in [0.15, 0.2) is 0 Å². The van der Waals surface area contributed by atoms with Crippen LogP contribution in [0.25, 0.3) is 11.8 Å². The minimum atomic E-state index is -1.13. The molecule has 1 aromatic carbocycles.